The minimum atomic E-state index is -0.344. The molecule has 0 aliphatic rings. The first-order valence-electron chi connectivity index (χ1n) is 6.07. The Morgan fingerprint density at radius 2 is 2.25 bits per heavy atom. The molecule has 2 rings (SSSR count). The predicted octanol–water partition coefficient (Wildman–Crippen LogP) is 1.11. The Hall–Kier alpha value is -2.63. The van der Waals surface area contributed by atoms with Crippen LogP contribution in [0.25, 0.3) is 0 Å². The SMILES string of the molecule is Cc1c(OCC(=O)Nc2cccnc2)c(=O)ccn1C. The minimum absolute atomic E-state index is 0.191. The Balaban J connectivity index is 2.01. The average Bonchev–Trinajstić information content (AvgIpc) is 2.44. The number of pyridine rings is 2. The molecule has 0 bridgehead atoms. The highest BCUT2D eigenvalue weighted by Crippen LogP contribution is 2.10. The van der Waals surface area contributed by atoms with Gasteiger partial charge in [-0.25, -0.2) is 0 Å². The number of carbonyl (C=O) groups is 1. The highest BCUT2D eigenvalue weighted by atomic mass is 16.5. The topological polar surface area (TPSA) is 73.2 Å². The molecule has 2 heterocycles. The number of anilines is 1. The van der Waals surface area contributed by atoms with Crippen LogP contribution in [0.3, 0.4) is 0 Å². The van der Waals surface area contributed by atoms with Gasteiger partial charge in [-0.1, -0.05) is 0 Å². The number of amides is 1. The zero-order valence-electron chi connectivity index (χ0n) is 11.3. The van der Waals surface area contributed by atoms with Crippen molar-refractivity contribution in [3.05, 3.63) is 52.7 Å². The van der Waals surface area contributed by atoms with E-state index in [2.05, 4.69) is 10.3 Å². The molecule has 1 amide bonds. The predicted molar refractivity (Wildman–Crippen MR) is 74.8 cm³/mol. The van der Waals surface area contributed by atoms with Crippen LogP contribution >= 0.6 is 0 Å². The van der Waals surface area contributed by atoms with Gasteiger partial charge in [0.25, 0.3) is 5.91 Å². The minimum Gasteiger partial charge on any atom is -0.478 e. The Kier molecular flexibility index (Phi) is 4.14. The number of nitrogens with one attached hydrogen (secondary N) is 1. The van der Waals surface area contributed by atoms with Crippen molar-refractivity contribution in [2.45, 2.75) is 6.92 Å². The maximum absolute atomic E-state index is 11.7. The summed E-state index contributed by atoms with van der Waals surface area (Å²) >= 11 is 0. The summed E-state index contributed by atoms with van der Waals surface area (Å²) < 4.78 is 7.08. The molecule has 0 atom stereocenters. The van der Waals surface area contributed by atoms with Crippen molar-refractivity contribution in [1.29, 1.82) is 0 Å². The van der Waals surface area contributed by atoms with Crippen LogP contribution in [0.1, 0.15) is 5.69 Å². The van der Waals surface area contributed by atoms with E-state index in [4.69, 9.17) is 4.74 Å². The van der Waals surface area contributed by atoms with Gasteiger partial charge in [-0.2, -0.15) is 0 Å². The molecule has 2 aromatic rings. The molecular weight excluding hydrogens is 258 g/mol. The fraction of sp³-hybridized carbons (Fsp3) is 0.214. The van der Waals surface area contributed by atoms with Crippen LogP contribution in [-0.4, -0.2) is 22.1 Å². The molecule has 0 fully saturated rings. The number of ether oxygens (including phenoxy) is 1. The van der Waals surface area contributed by atoms with Crippen molar-refractivity contribution in [3.63, 3.8) is 0 Å². The van der Waals surface area contributed by atoms with E-state index in [-0.39, 0.29) is 23.7 Å². The molecule has 0 aliphatic carbocycles. The van der Waals surface area contributed by atoms with E-state index in [1.54, 1.807) is 43.1 Å². The summed E-state index contributed by atoms with van der Waals surface area (Å²) in [6.45, 7) is 1.53. The molecule has 0 spiro atoms. The summed E-state index contributed by atoms with van der Waals surface area (Å²) in [6, 6.07) is 4.84. The molecule has 0 aliphatic heterocycles. The third kappa shape index (κ3) is 3.23. The molecule has 20 heavy (non-hydrogen) atoms. The van der Waals surface area contributed by atoms with Gasteiger partial charge in [-0.05, 0) is 19.1 Å². The molecular formula is C14H15N3O3. The van der Waals surface area contributed by atoms with Gasteiger partial charge in [-0.15, -0.1) is 0 Å². The monoisotopic (exact) mass is 273 g/mol. The number of nitrogens with zero attached hydrogens (tertiary/aromatic N) is 2. The van der Waals surface area contributed by atoms with Gasteiger partial charge in [0.05, 0.1) is 17.6 Å². The van der Waals surface area contributed by atoms with Crippen molar-refractivity contribution < 1.29 is 9.53 Å². The van der Waals surface area contributed by atoms with E-state index < -0.39 is 0 Å². The molecule has 1 N–H and O–H groups in total. The molecule has 0 aromatic carbocycles. The van der Waals surface area contributed by atoms with Crippen molar-refractivity contribution in [1.82, 2.24) is 9.55 Å². The second kappa shape index (κ2) is 6.01. The van der Waals surface area contributed by atoms with Gasteiger partial charge >= 0.3 is 0 Å². The van der Waals surface area contributed by atoms with Gasteiger partial charge in [0.15, 0.2) is 12.4 Å². The summed E-state index contributed by atoms with van der Waals surface area (Å²) in [5.74, 6) is -0.153. The fourth-order valence-electron chi connectivity index (χ4n) is 1.65. The smallest absolute Gasteiger partial charge is 0.262 e. The zero-order chi connectivity index (χ0) is 14.5. The van der Waals surface area contributed by atoms with Crippen LogP contribution in [0, 0.1) is 6.92 Å². The number of hydrogen-bond acceptors (Lipinski definition) is 4. The quantitative estimate of drug-likeness (QED) is 0.905. The zero-order valence-corrected chi connectivity index (χ0v) is 11.3. The second-order valence-electron chi connectivity index (χ2n) is 4.28. The second-order valence-corrected chi connectivity index (χ2v) is 4.28. The van der Waals surface area contributed by atoms with E-state index in [1.807, 2.05) is 0 Å². The summed E-state index contributed by atoms with van der Waals surface area (Å²) in [4.78, 5) is 27.3. The normalized spacial score (nSPS) is 10.1. The summed E-state index contributed by atoms with van der Waals surface area (Å²) in [5, 5.41) is 2.63. The Labute approximate surface area is 116 Å². The Morgan fingerprint density at radius 1 is 1.45 bits per heavy atom. The van der Waals surface area contributed by atoms with Crippen LogP contribution in [-0.2, 0) is 11.8 Å². The van der Waals surface area contributed by atoms with Crippen LogP contribution in [0.4, 0.5) is 5.69 Å². The first kappa shape index (κ1) is 13.8. The number of rotatable bonds is 4. The van der Waals surface area contributed by atoms with E-state index in [1.165, 1.54) is 12.3 Å². The van der Waals surface area contributed by atoms with Crippen LogP contribution < -0.4 is 15.5 Å². The molecule has 0 radical (unpaired) electrons. The molecule has 0 saturated carbocycles. The number of aryl methyl sites for hydroxylation is 1. The van der Waals surface area contributed by atoms with Gasteiger partial charge < -0.3 is 14.6 Å². The average molecular weight is 273 g/mol. The van der Waals surface area contributed by atoms with Crippen molar-refractivity contribution in [2.24, 2.45) is 7.05 Å². The fourth-order valence-corrected chi connectivity index (χ4v) is 1.65. The van der Waals surface area contributed by atoms with Gasteiger partial charge in [0, 0.05) is 25.5 Å². The van der Waals surface area contributed by atoms with Crippen molar-refractivity contribution >= 4 is 11.6 Å². The van der Waals surface area contributed by atoms with Crippen molar-refractivity contribution in [3.8, 4) is 5.75 Å². The first-order chi connectivity index (χ1) is 9.58. The standard InChI is InChI=1S/C14H15N3O3/c1-10-14(12(18)5-7-17(10)2)20-9-13(19)16-11-4-3-6-15-8-11/h3-8H,9H2,1-2H3,(H,16,19). The van der Waals surface area contributed by atoms with Crippen LogP contribution in [0.15, 0.2) is 41.6 Å². The van der Waals surface area contributed by atoms with Crippen LogP contribution in [0.5, 0.6) is 5.75 Å². The molecule has 2 aromatic heterocycles. The highest BCUT2D eigenvalue weighted by Gasteiger charge is 2.09. The lowest BCUT2D eigenvalue weighted by molar-refractivity contribution is -0.118. The molecule has 6 heteroatoms. The van der Waals surface area contributed by atoms with Gasteiger partial charge in [0.1, 0.15) is 0 Å². The molecule has 0 unspecified atom stereocenters. The third-order valence-electron chi connectivity index (χ3n) is 2.82. The van der Waals surface area contributed by atoms with Crippen LogP contribution in [0.2, 0.25) is 0 Å². The summed E-state index contributed by atoms with van der Waals surface area (Å²) in [6.07, 6.45) is 4.80. The molecule has 0 saturated heterocycles. The number of hydrogen-bond donors (Lipinski definition) is 1. The highest BCUT2D eigenvalue weighted by molar-refractivity contribution is 5.91. The van der Waals surface area contributed by atoms with E-state index in [9.17, 15) is 9.59 Å². The third-order valence-corrected chi connectivity index (χ3v) is 2.82. The van der Waals surface area contributed by atoms with E-state index in [0.717, 1.165) is 0 Å². The van der Waals surface area contributed by atoms with E-state index >= 15 is 0 Å². The lowest BCUT2D eigenvalue weighted by Gasteiger charge is -2.11. The lowest BCUT2D eigenvalue weighted by Crippen LogP contribution is -2.23. The number of aromatic nitrogens is 2. The first-order valence-corrected chi connectivity index (χ1v) is 6.07. The van der Waals surface area contributed by atoms with Gasteiger partial charge in [0.2, 0.25) is 5.43 Å². The maximum atomic E-state index is 11.7. The largest absolute Gasteiger partial charge is 0.478 e. The maximum Gasteiger partial charge on any atom is 0.262 e. The summed E-state index contributed by atoms with van der Waals surface area (Å²) in [7, 11) is 1.80. The van der Waals surface area contributed by atoms with Gasteiger partial charge in [-0.3, -0.25) is 14.6 Å². The van der Waals surface area contributed by atoms with E-state index in [0.29, 0.717) is 11.4 Å². The molecule has 6 nitrogen and oxygen atoms in total. The number of carbonyl (C=O) groups excluding carboxylic acids is 1. The van der Waals surface area contributed by atoms with Crippen molar-refractivity contribution in [2.75, 3.05) is 11.9 Å². The molecule has 104 valence electrons. The summed E-state index contributed by atoms with van der Waals surface area (Å²) in [5.41, 5.74) is 1.01. The lowest BCUT2D eigenvalue weighted by atomic mass is 10.3. The Morgan fingerprint density at radius 3 is 2.95 bits per heavy atom. The Bertz CT molecular complexity index is 665.